The molecule has 10 unspecified atom stereocenters. The van der Waals surface area contributed by atoms with Crippen molar-refractivity contribution in [2.24, 2.45) is 22.1 Å². The molecule has 5 fully saturated rings. The third-order valence-corrected chi connectivity index (χ3v) is 22.4. The van der Waals surface area contributed by atoms with Crippen LogP contribution in [-0.2, 0) is 144 Å². The normalized spacial score (nSPS) is 30.0. The standard InChI is InChI=1S/C93H104N6O24/c1-8-67-72(118-92-83(112-55-64-44-28-15-29-45-64)77(110-53-62-40-24-13-25-41-62)79(81(122-92)87(102)104-5)121-91-71(97-99-95)76(109-52-61-38-22-12-23-39-61)74(68(9-2)115-91)108-51-60-36-20-11-21-37-60)57(3)70(96-98-94)90(114-67)120-80-78(111-54-63-42-26-14-27-43-63)84(117-86(101)66-48-32-17-33-49-66)93(123-82(80)88(103)105-6)119-75-69(56-113-85(100)65-46-30-16-31-47-65)116-89(106-7)58(4)73(75)107-50-59-34-18-10-19-35-59/h10-49,57-58,67-84,89-93H,8-9,50-56H2,1-7H3/t57?,58-,67?,68?,69?,70-,71?,72-,73?,74+,75+,76+,77-,78+,79-,80-,81?,82?,83?,84?,89-,90+,91+,92+,93+/m0/s1. The summed E-state index contributed by atoms with van der Waals surface area (Å²) in [5, 5.41) is 8.73. The molecule has 0 N–H and O–H groups in total. The second-order valence-corrected chi connectivity index (χ2v) is 30.4. The highest BCUT2D eigenvalue weighted by molar-refractivity contribution is 5.90. The Bertz CT molecular complexity index is 4680. The van der Waals surface area contributed by atoms with Crippen LogP contribution in [0.1, 0.15) is 94.6 Å². The van der Waals surface area contributed by atoms with E-state index in [0.717, 1.165) is 29.4 Å². The van der Waals surface area contributed by atoms with Crippen molar-refractivity contribution < 1.29 is 114 Å². The second-order valence-electron chi connectivity index (χ2n) is 30.4. The van der Waals surface area contributed by atoms with Crippen molar-refractivity contribution in [3.63, 3.8) is 0 Å². The minimum Gasteiger partial charge on any atom is -0.467 e. The molecule has 0 amide bonds. The molecule has 30 nitrogen and oxygen atoms in total. The summed E-state index contributed by atoms with van der Waals surface area (Å²) in [6.45, 7) is 6.74. The van der Waals surface area contributed by atoms with Gasteiger partial charge in [-0.2, -0.15) is 0 Å². The number of ether oxygens (including phenoxy) is 20. The van der Waals surface area contributed by atoms with Crippen molar-refractivity contribution >= 4 is 23.9 Å². The highest BCUT2D eigenvalue weighted by Crippen LogP contribution is 2.44. The van der Waals surface area contributed by atoms with Gasteiger partial charge in [-0.05, 0) is 87.5 Å². The van der Waals surface area contributed by atoms with Gasteiger partial charge in [-0.25, -0.2) is 19.2 Å². The minimum absolute atomic E-state index is 0.0444. The summed E-state index contributed by atoms with van der Waals surface area (Å²) in [6, 6.07) is 69.9. The molecule has 30 heteroatoms. The van der Waals surface area contributed by atoms with Crippen LogP contribution < -0.4 is 0 Å². The SMILES string of the molecule is CCC1O[C@H](O[C@@H]2C(C(=O)OC)O[C@@H](O[C@@H]3C(COC(=O)c4ccccc4)O[C@H](OC)[C@@H](C)C3OCc3ccccc3)C(OC(=O)c3ccccc3)[C@@H]2OCc2ccccc2)[C@@H](N=[N+]=[N-])C(C)[C@@H]1O[C@@H]1OC(C(=O)OC)[C@@H](O[C@H]2OC(CC)[C@@H](OCc3ccccc3)[C@H](OCc3ccccc3)C2N=[N+]=[N-])[C@H](OCc2ccccc2)C1OCc1ccccc1. The lowest BCUT2D eigenvalue weighted by Crippen LogP contribution is -2.68. The van der Waals surface area contributed by atoms with E-state index in [2.05, 4.69) is 20.1 Å². The highest BCUT2D eigenvalue weighted by Gasteiger charge is 2.61. The van der Waals surface area contributed by atoms with Gasteiger partial charge in [0.15, 0.2) is 49.8 Å². The average molecular weight is 1690 g/mol. The van der Waals surface area contributed by atoms with Gasteiger partial charge in [0.25, 0.3) is 0 Å². The van der Waals surface area contributed by atoms with Gasteiger partial charge in [0.2, 0.25) is 0 Å². The number of carbonyl (C=O) groups is 4. The lowest BCUT2D eigenvalue weighted by molar-refractivity contribution is -0.379. The van der Waals surface area contributed by atoms with Crippen molar-refractivity contribution in [3.8, 4) is 0 Å². The molecule has 5 saturated heterocycles. The molecule has 0 spiro atoms. The molecule has 25 atom stereocenters. The van der Waals surface area contributed by atoms with Crippen molar-refractivity contribution in [3.05, 3.63) is 308 Å². The smallest absolute Gasteiger partial charge is 0.338 e. The molecule has 5 aliphatic heterocycles. The summed E-state index contributed by atoms with van der Waals surface area (Å²) < 4.78 is 135. The van der Waals surface area contributed by atoms with Gasteiger partial charge in [0, 0.05) is 22.9 Å². The molecule has 0 aromatic heterocycles. The molecule has 650 valence electrons. The van der Waals surface area contributed by atoms with E-state index in [9.17, 15) is 15.9 Å². The fourth-order valence-electron chi connectivity index (χ4n) is 16.0. The van der Waals surface area contributed by atoms with Crippen LogP contribution in [0.4, 0.5) is 0 Å². The van der Waals surface area contributed by atoms with Crippen LogP contribution >= 0.6 is 0 Å². The van der Waals surface area contributed by atoms with E-state index in [4.69, 9.17) is 94.7 Å². The van der Waals surface area contributed by atoms with E-state index < -0.39 is 184 Å². The number of nitrogens with zero attached hydrogens (tertiary/aromatic N) is 6. The number of hydrogen-bond acceptors (Lipinski definition) is 26. The highest BCUT2D eigenvalue weighted by atomic mass is 16.8. The molecule has 0 bridgehead atoms. The van der Waals surface area contributed by atoms with Gasteiger partial charge >= 0.3 is 23.9 Å². The lowest BCUT2D eigenvalue weighted by Gasteiger charge is -2.51. The van der Waals surface area contributed by atoms with E-state index in [0.29, 0.717) is 17.5 Å². The topological polar surface area (TPSA) is 350 Å². The van der Waals surface area contributed by atoms with Gasteiger partial charge in [-0.1, -0.05) is 256 Å². The van der Waals surface area contributed by atoms with Gasteiger partial charge in [0.05, 0.1) is 95.4 Å². The zero-order valence-electron chi connectivity index (χ0n) is 69.4. The molecule has 0 saturated carbocycles. The molecule has 5 heterocycles. The summed E-state index contributed by atoms with van der Waals surface area (Å²) in [6.07, 6.45) is -28.4. The Morgan fingerprint density at radius 2 is 0.667 bits per heavy atom. The van der Waals surface area contributed by atoms with Crippen LogP contribution in [0.5, 0.6) is 0 Å². The number of benzene rings is 8. The van der Waals surface area contributed by atoms with Crippen molar-refractivity contribution in [1.82, 2.24) is 0 Å². The molecular formula is C93H104N6O24. The monoisotopic (exact) mass is 1690 g/mol. The summed E-state index contributed by atoms with van der Waals surface area (Å²) in [7, 11) is 3.80. The first-order chi connectivity index (χ1) is 60.2. The lowest BCUT2D eigenvalue weighted by atomic mass is 9.87. The van der Waals surface area contributed by atoms with Crippen LogP contribution in [0, 0.1) is 11.8 Å². The predicted octanol–water partition coefficient (Wildman–Crippen LogP) is 14.2. The Labute approximate surface area is 713 Å². The Morgan fingerprint density at radius 3 is 1.08 bits per heavy atom. The number of hydrogen-bond donors (Lipinski definition) is 0. The fraction of sp³-hybridized carbons (Fsp3) is 0.441. The van der Waals surface area contributed by atoms with Crippen LogP contribution in [0.25, 0.3) is 20.9 Å². The number of rotatable bonds is 38. The van der Waals surface area contributed by atoms with Crippen molar-refractivity contribution in [1.29, 1.82) is 0 Å². The maximum Gasteiger partial charge on any atom is 0.338 e. The first-order valence-electron chi connectivity index (χ1n) is 41.3. The van der Waals surface area contributed by atoms with Gasteiger partial charge in [0.1, 0.15) is 67.6 Å². The van der Waals surface area contributed by atoms with Crippen LogP contribution in [0.3, 0.4) is 0 Å². The largest absolute Gasteiger partial charge is 0.467 e. The molecule has 0 aliphatic carbocycles. The Kier molecular flexibility index (Phi) is 33.3. The second kappa shape index (κ2) is 45.3. The van der Waals surface area contributed by atoms with E-state index in [-0.39, 0.29) is 57.2 Å². The quantitative estimate of drug-likeness (QED) is 0.0114. The van der Waals surface area contributed by atoms with Crippen LogP contribution in [-0.4, -0.2) is 193 Å². The molecular weight excluding hydrogens is 1590 g/mol. The predicted molar refractivity (Wildman–Crippen MR) is 441 cm³/mol. The third-order valence-electron chi connectivity index (χ3n) is 22.4. The Hall–Kier alpha value is -10.4. The molecule has 0 radical (unpaired) electrons. The average Bonchev–Trinajstić information content (AvgIpc) is 0.757. The van der Waals surface area contributed by atoms with Crippen molar-refractivity contribution in [2.45, 2.75) is 221 Å². The minimum atomic E-state index is -1.87. The van der Waals surface area contributed by atoms with Gasteiger partial charge in [-0.15, -0.1) is 0 Å². The third kappa shape index (κ3) is 23.2. The van der Waals surface area contributed by atoms with Gasteiger partial charge in [-0.3, -0.25) is 0 Å². The molecule has 8 aromatic rings. The van der Waals surface area contributed by atoms with Crippen LogP contribution in [0.2, 0.25) is 0 Å². The Morgan fingerprint density at radius 1 is 0.333 bits per heavy atom. The van der Waals surface area contributed by atoms with Gasteiger partial charge < -0.3 is 94.7 Å². The van der Waals surface area contributed by atoms with Crippen molar-refractivity contribution in [2.75, 3.05) is 27.9 Å². The maximum atomic E-state index is 15.1. The number of azide groups is 2. The zero-order chi connectivity index (χ0) is 86.0. The summed E-state index contributed by atoms with van der Waals surface area (Å²) in [4.78, 5) is 65.8. The number of esters is 4. The number of carbonyl (C=O) groups excluding carboxylic acids is 4. The van der Waals surface area contributed by atoms with E-state index in [1.54, 1.807) is 79.7 Å². The van der Waals surface area contributed by atoms with Crippen LogP contribution in [0.15, 0.2) is 253 Å². The van der Waals surface area contributed by atoms with E-state index in [1.807, 2.05) is 191 Å². The summed E-state index contributed by atoms with van der Waals surface area (Å²) in [5.74, 6) is -5.12. The summed E-state index contributed by atoms with van der Waals surface area (Å²) >= 11 is 0. The van der Waals surface area contributed by atoms with E-state index >= 15 is 14.4 Å². The first-order valence-corrected chi connectivity index (χ1v) is 41.3. The zero-order valence-corrected chi connectivity index (χ0v) is 69.4. The summed E-state index contributed by atoms with van der Waals surface area (Å²) in [5.41, 5.74) is 26.3. The maximum absolute atomic E-state index is 15.1. The molecule has 8 aromatic carbocycles. The number of methoxy groups -OCH3 is 3. The fourth-order valence-corrected chi connectivity index (χ4v) is 16.0. The Balaban J connectivity index is 0.862. The molecule has 123 heavy (non-hydrogen) atoms. The molecule has 13 rings (SSSR count). The molecule has 5 aliphatic rings. The van der Waals surface area contributed by atoms with E-state index in [1.165, 1.54) is 14.2 Å². The first kappa shape index (κ1) is 90.3.